The van der Waals surface area contributed by atoms with Crippen LogP contribution in [0.15, 0.2) is 52.4 Å². The molecule has 1 amide bonds. The second-order valence-corrected chi connectivity index (χ2v) is 6.01. The van der Waals surface area contributed by atoms with E-state index in [1.54, 1.807) is 12.1 Å². The number of carbonyl (C=O) groups is 1. The number of nitrogens with one attached hydrogen (secondary N) is 1. The molecule has 0 saturated carbocycles. The minimum absolute atomic E-state index is 0.112. The smallest absolute Gasteiger partial charge is 0.264 e. The van der Waals surface area contributed by atoms with Crippen LogP contribution in [-0.2, 0) is 4.79 Å². The molecule has 1 heterocycles. The van der Waals surface area contributed by atoms with Crippen molar-refractivity contribution in [2.45, 2.75) is 0 Å². The van der Waals surface area contributed by atoms with Crippen LogP contribution in [0.5, 0.6) is 0 Å². The third kappa shape index (κ3) is 3.43. The minimum Gasteiger partial charge on any atom is -0.300 e. The topological polar surface area (TPSA) is 41.5 Å². The van der Waals surface area contributed by atoms with Crippen LogP contribution in [0.3, 0.4) is 0 Å². The monoisotopic (exact) mass is 350 g/mol. The zero-order valence-corrected chi connectivity index (χ0v) is 13.1. The van der Waals surface area contributed by atoms with Gasteiger partial charge >= 0.3 is 0 Å². The highest BCUT2D eigenvalue weighted by Crippen LogP contribution is 2.31. The summed E-state index contributed by atoms with van der Waals surface area (Å²) < 4.78 is 27.4. The highest BCUT2D eigenvalue weighted by atomic mass is 35.5. The zero-order chi connectivity index (χ0) is 16.4. The average Bonchev–Trinajstić information content (AvgIpc) is 2.85. The van der Waals surface area contributed by atoms with Crippen LogP contribution in [0.4, 0.5) is 14.5 Å². The number of hydrogen-bond acceptors (Lipinski definition) is 3. The van der Waals surface area contributed by atoms with Gasteiger partial charge in [-0.1, -0.05) is 29.8 Å². The molecule has 0 unspecified atom stereocenters. The molecule has 1 N–H and O–H groups in total. The van der Waals surface area contributed by atoms with Gasteiger partial charge in [0.25, 0.3) is 5.91 Å². The summed E-state index contributed by atoms with van der Waals surface area (Å²) in [6.07, 6.45) is 1.35. The molecule has 3 nitrogen and oxygen atoms in total. The molecule has 0 aliphatic carbocycles. The van der Waals surface area contributed by atoms with E-state index in [0.29, 0.717) is 0 Å². The van der Waals surface area contributed by atoms with Gasteiger partial charge in [0, 0.05) is 5.56 Å². The molecule has 0 bridgehead atoms. The highest BCUT2D eigenvalue weighted by molar-refractivity contribution is 8.18. The molecule has 2 aromatic rings. The first-order valence-corrected chi connectivity index (χ1v) is 7.72. The van der Waals surface area contributed by atoms with Crippen molar-refractivity contribution in [3.63, 3.8) is 0 Å². The number of para-hydroxylation sites is 1. The number of amides is 1. The van der Waals surface area contributed by atoms with Crippen LogP contribution >= 0.6 is 23.4 Å². The first-order valence-electron chi connectivity index (χ1n) is 6.53. The Bertz CT molecular complexity index is 831. The van der Waals surface area contributed by atoms with E-state index in [-0.39, 0.29) is 26.3 Å². The van der Waals surface area contributed by atoms with Crippen LogP contribution in [-0.4, -0.2) is 11.1 Å². The van der Waals surface area contributed by atoms with Crippen molar-refractivity contribution < 1.29 is 13.6 Å². The van der Waals surface area contributed by atoms with Gasteiger partial charge in [-0.2, -0.15) is 0 Å². The van der Waals surface area contributed by atoms with Gasteiger partial charge in [-0.3, -0.25) is 4.79 Å². The van der Waals surface area contributed by atoms with Crippen molar-refractivity contribution in [3.05, 3.63) is 69.6 Å². The Hall–Kier alpha value is -2.18. The number of rotatable bonds is 2. The van der Waals surface area contributed by atoms with E-state index in [1.165, 1.54) is 36.4 Å². The number of benzene rings is 2. The van der Waals surface area contributed by atoms with Crippen molar-refractivity contribution in [3.8, 4) is 0 Å². The molecule has 0 atom stereocenters. The Labute approximate surface area is 140 Å². The fourth-order valence-electron chi connectivity index (χ4n) is 1.91. The Balaban J connectivity index is 1.91. The van der Waals surface area contributed by atoms with Gasteiger partial charge < -0.3 is 5.32 Å². The summed E-state index contributed by atoms with van der Waals surface area (Å²) >= 11 is 6.93. The van der Waals surface area contributed by atoms with Crippen molar-refractivity contribution in [1.82, 2.24) is 5.32 Å². The lowest BCUT2D eigenvalue weighted by Gasteiger charge is -2.00. The molecule has 1 aliphatic heterocycles. The largest absolute Gasteiger partial charge is 0.300 e. The number of nitrogens with zero attached hydrogens (tertiary/aromatic N) is 1. The predicted molar refractivity (Wildman–Crippen MR) is 88.6 cm³/mol. The predicted octanol–water partition coefficient (Wildman–Crippen LogP) is 4.51. The first kappa shape index (κ1) is 15.7. The molecule has 1 aliphatic rings. The van der Waals surface area contributed by atoms with Crippen molar-refractivity contribution in [1.29, 1.82) is 0 Å². The molecule has 7 heteroatoms. The first-order chi connectivity index (χ1) is 11.0. The summed E-state index contributed by atoms with van der Waals surface area (Å²) in [6.45, 7) is 0. The fraction of sp³-hybridized carbons (Fsp3) is 0. The number of amidine groups is 1. The lowest BCUT2D eigenvalue weighted by Crippen LogP contribution is -2.19. The summed E-state index contributed by atoms with van der Waals surface area (Å²) in [5.74, 6) is -1.47. The molecular formula is C16H9ClF2N2OS. The Morgan fingerprint density at radius 1 is 1.09 bits per heavy atom. The highest BCUT2D eigenvalue weighted by Gasteiger charge is 2.25. The second-order valence-electron chi connectivity index (χ2n) is 4.57. The molecule has 0 radical (unpaired) electrons. The summed E-state index contributed by atoms with van der Waals surface area (Å²) in [6, 6.07) is 10.2. The number of hydrogen-bond donors (Lipinski definition) is 1. The lowest BCUT2D eigenvalue weighted by molar-refractivity contribution is -0.115. The van der Waals surface area contributed by atoms with Crippen LogP contribution in [0, 0.1) is 11.6 Å². The maximum Gasteiger partial charge on any atom is 0.264 e. The molecule has 1 saturated heterocycles. The number of carbonyl (C=O) groups excluding carboxylic acids is 1. The molecule has 116 valence electrons. The standard InChI is InChI=1S/C16H9ClF2N2OS/c17-10-4-3-6-11(18)9(10)8-14-15(22)21-16(23-14)20-13-7-2-1-5-12(13)19/h1-8H,(H,20,21,22)/b14-8-. The summed E-state index contributed by atoms with van der Waals surface area (Å²) in [5.41, 5.74) is 0.236. The minimum atomic E-state index is -0.530. The quantitative estimate of drug-likeness (QED) is 0.810. The Morgan fingerprint density at radius 3 is 2.57 bits per heavy atom. The van der Waals surface area contributed by atoms with E-state index in [4.69, 9.17) is 11.6 Å². The normalized spacial score (nSPS) is 17.8. The average molecular weight is 351 g/mol. The van der Waals surface area contributed by atoms with Crippen molar-refractivity contribution >= 4 is 46.2 Å². The summed E-state index contributed by atoms with van der Waals surface area (Å²) in [7, 11) is 0. The van der Waals surface area contributed by atoms with Gasteiger partial charge in [0.2, 0.25) is 0 Å². The molecule has 0 spiro atoms. The van der Waals surface area contributed by atoms with E-state index in [2.05, 4.69) is 10.3 Å². The fourth-order valence-corrected chi connectivity index (χ4v) is 2.95. The third-order valence-corrected chi connectivity index (χ3v) is 4.24. The van der Waals surface area contributed by atoms with Crippen LogP contribution in [0.25, 0.3) is 6.08 Å². The summed E-state index contributed by atoms with van der Waals surface area (Å²) in [4.78, 5) is 16.2. The van der Waals surface area contributed by atoms with Crippen molar-refractivity contribution in [2.24, 2.45) is 4.99 Å². The third-order valence-electron chi connectivity index (χ3n) is 3.00. The summed E-state index contributed by atoms with van der Waals surface area (Å²) in [5, 5.41) is 2.93. The molecule has 23 heavy (non-hydrogen) atoms. The van der Waals surface area contributed by atoms with Gasteiger partial charge in [-0.15, -0.1) is 0 Å². The van der Waals surface area contributed by atoms with Gasteiger partial charge in [0.1, 0.15) is 17.3 Å². The lowest BCUT2D eigenvalue weighted by atomic mass is 10.2. The van der Waals surface area contributed by atoms with Crippen LogP contribution in [0.1, 0.15) is 5.56 Å². The van der Waals surface area contributed by atoms with Crippen molar-refractivity contribution in [2.75, 3.05) is 0 Å². The molecular weight excluding hydrogens is 342 g/mol. The maximum atomic E-state index is 13.8. The van der Waals surface area contributed by atoms with Gasteiger partial charge in [0.15, 0.2) is 5.17 Å². The van der Waals surface area contributed by atoms with E-state index < -0.39 is 17.5 Å². The molecule has 1 fully saturated rings. The maximum absolute atomic E-state index is 13.8. The zero-order valence-electron chi connectivity index (χ0n) is 11.5. The van der Waals surface area contributed by atoms with Gasteiger partial charge in [-0.25, -0.2) is 13.8 Å². The van der Waals surface area contributed by atoms with E-state index >= 15 is 0 Å². The Kier molecular flexibility index (Phi) is 4.45. The molecule has 3 rings (SSSR count). The SMILES string of the molecule is O=C1NC(=Nc2ccccc2F)S/C1=C\c1c(F)cccc1Cl. The second kappa shape index (κ2) is 6.52. The number of thioether (sulfide) groups is 1. The van der Waals surface area contributed by atoms with E-state index in [1.807, 2.05) is 0 Å². The molecule has 2 aromatic carbocycles. The van der Waals surface area contributed by atoms with Gasteiger partial charge in [0.05, 0.1) is 9.93 Å². The molecule has 0 aromatic heterocycles. The van der Waals surface area contributed by atoms with Gasteiger partial charge in [-0.05, 0) is 42.1 Å². The van der Waals surface area contributed by atoms with Crippen LogP contribution < -0.4 is 5.32 Å². The Morgan fingerprint density at radius 2 is 1.83 bits per heavy atom. The van der Waals surface area contributed by atoms with E-state index in [9.17, 15) is 13.6 Å². The number of aliphatic imine (C=N–C) groups is 1. The number of halogens is 3. The van der Waals surface area contributed by atoms with Crippen LogP contribution in [0.2, 0.25) is 5.02 Å². The van der Waals surface area contributed by atoms with E-state index in [0.717, 1.165) is 11.8 Å².